The Bertz CT molecular complexity index is 956. The van der Waals surface area contributed by atoms with Crippen molar-refractivity contribution in [2.24, 2.45) is 0 Å². The summed E-state index contributed by atoms with van der Waals surface area (Å²) in [6.07, 6.45) is 1.66. The number of nitrogens with zero attached hydrogens (tertiary/aromatic N) is 2. The van der Waals surface area contributed by atoms with Crippen LogP contribution in [0.3, 0.4) is 0 Å². The van der Waals surface area contributed by atoms with Crippen molar-refractivity contribution < 1.29 is 9.53 Å². The molecule has 138 valence electrons. The number of hydrogen-bond acceptors (Lipinski definition) is 6. The molecule has 0 atom stereocenters. The van der Waals surface area contributed by atoms with Gasteiger partial charge in [0, 0.05) is 11.9 Å². The van der Waals surface area contributed by atoms with E-state index in [4.69, 9.17) is 4.74 Å². The zero-order valence-electron chi connectivity index (χ0n) is 15.6. The molecule has 2 aromatic carbocycles. The summed E-state index contributed by atoms with van der Waals surface area (Å²) in [5, 5.41) is 6.40. The highest BCUT2D eigenvalue weighted by Crippen LogP contribution is 2.23. The van der Waals surface area contributed by atoms with Crippen molar-refractivity contribution in [3.05, 3.63) is 71.4 Å². The van der Waals surface area contributed by atoms with Crippen molar-refractivity contribution in [2.75, 3.05) is 17.2 Å². The van der Waals surface area contributed by atoms with Crippen molar-refractivity contribution >= 4 is 29.1 Å². The van der Waals surface area contributed by atoms with Crippen LogP contribution >= 0.6 is 0 Å². The number of aryl methyl sites for hydroxylation is 2. The number of nitrogens with one attached hydrogen (secondary N) is 2. The van der Waals surface area contributed by atoms with E-state index in [2.05, 4.69) is 33.6 Å². The lowest BCUT2D eigenvalue weighted by atomic mass is 10.1. The van der Waals surface area contributed by atoms with E-state index in [9.17, 15) is 4.79 Å². The van der Waals surface area contributed by atoms with Crippen LogP contribution in [0.25, 0.3) is 0 Å². The number of ether oxygens (including phenoxy) is 1. The Balaban J connectivity index is 1.82. The summed E-state index contributed by atoms with van der Waals surface area (Å²) in [7, 11) is 0. The van der Waals surface area contributed by atoms with Gasteiger partial charge in [-0.05, 0) is 50.6 Å². The maximum atomic E-state index is 12.1. The molecule has 0 radical (unpaired) electrons. The minimum Gasteiger partial charge on any atom is -0.462 e. The molecule has 0 saturated carbocycles. The normalized spacial score (nSPS) is 10.3. The SMILES string of the molecule is CCOC(=O)c1ccccc1Nc1ccnc(Nc2ccc(C)cc2C)n1. The predicted molar refractivity (Wildman–Crippen MR) is 107 cm³/mol. The number of esters is 1. The van der Waals surface area contributed by atoms with Crippen LogP contribution in [0.2, 0.25) is 0 Å². The molecular formula is C21H22N4O2. The van der Waals surface area contributed by atoms with Gasteiger partial charge in [0.15, 0.2) is 0 Å². The Hall–Kier alpha value is -3.41. The van der Waals surface area contributed by atoms with Gasteiger partial charge in [0.1, 0.15) is 5.82 Å². The van der Waals surface area contributed by atoms with Gasteiger partial charge in [0.25, 0.3) is 0 Å². The van der Waals surface area contributed by atoms with Gasteiger partial charge in [-0.25, -0.2) is 9.78 Å². The summed E-state index contributed by atoms with van der Waals surface area (Å²) in [5.74, 6) is 0.679. The maximum Gasteiger partial charge on any atom is 0.340 e. The van der Waals surface area contributed by atoms with E-state index in [0.29, 0.717) is 29.6 Å². The molecule has 1 aromatic heterocycles. The lowest BCUT2D eigenvalue weighted by molar-refractivity contribution is 0.0527. The topological polar surface area (TPSA) is 76.1 Å². The van der Waals surface area contributed by atoms with Crippen LogP contribution in [0, 0.1) is 13.8 Å². The van der Waals surface area contributed by atoms with E-state index < -0.39 is 0 Å². The van der Waals surface area contributed by atoms with Gasteiger partial charge in [-0.1, -0.05) is 29.8 Å². The summed E-state index contributed by atoms with van der Waals surface area (Å²) in [5.41, 5.74) is 4.35. The van der Waals surface area contributed by atoms with Gasteiger partial charge in [0.05, 0.1) is 17.9 Å². The van der Waals surface area contributed by atoms with Crippen molar-refractivity contribution in [1.82, 2.24) is 9.97 Å². The number of hydrogen-bond donors (Lipinski definition) is 2. The lowest BCUT2D eigenvalue weighted by Crippen LogP contribution is -2.08. The van der Waals surface area contributed by atoms with Crippen LogP contribution in [0.1, 0.15) is 28.4 Å². The molecule has 3 rings (SSSR count). The average molecular weight is 362 g/mol. The molecule has 0 unspecified atom stereocenters. The molecule has 0 fully saturated rings. The molecule has 2 N–H and O–H groups in total. The van der Waals surface area contributed by atoms with Crippen molar-refractivity contribution in [3.63, 3.8) is 0 Å². The van der Waals surface area contributed by atoms with Gasteiger partial charge >= 0.3 is 5.97 Å². The molecule has 0 aliphatic carbocycles. The summed E-state index contributed by atoms with van der Waals surface area (Å²) < 4.78 is 5.11. The molecule has 3 aromatic rings. The fourth-order valence-corrected chi connectivity index (χ4v) is 2.68. The third-order valence-corrected chi connectivity index (χ3v) is 3.97. The Morgan fingerprint density at radius 1 is 1.04 bits per heavy atom. The second kappa shape index (κ2) is 8.31. The van der Waals surface area contributed by atoms with Crippen LogP contribution in [0.15, 0.2) is 54.7 Å². The molecule has 0 bridgehead atoms. The largest absolute Gasteiger partial charge is 0.462 e. The standard InChI is InChI=1S/C21H22N4O2/c1-4-27-20(26)16-7-5-6-8-18(16)23-19-11-12-22-21(25-19)24-17-10-9-14(2)13-15(17)3/h5-13H,4H2,1-3H3,(H2,22,23,24,25). The number of para-hydroxylation sites is 1. The number of rotatable bonds is 6. The number of aromatic nitrogens is 2. The van der Waals surface area contributed by atoms with Crippen molar-refractivity contribution in [1.29, 1.82) is 0 Å². The lowest BCUT2D eigenvalue weighted by Gasteiger charge is -2.12. The van der Waals surface area contributed by atoms with Crippen LogP contribution in [0.4, 0.5) is 23.1 Å². The molecule has 0 aliphatic heterocycles. The first kappa shape index (κ1) is 18.4. The average Bonchev–Trinajstić information content (AvgIpc) is 2.65. The zero-order chi connectivity index (χ0) is 19.2. The first-order chi connectivity index (χ1) is 13.1. The third kappa shape index (κ3) is 4.61. The van der Waals surface area contributed by atoms with Gasteiger partial charge in [-0.15, -0.1) is 0 Å². The number of anilines is 4. The first-order valence-electron chi connectivity index (χ1n) is 8.77. The minimum atomic E-state index is -0.372. The molecule has 6 heteroatoms. The fourth-order valence-electron chi connectivity index (χ4n) is 2.68. The van der Waals surface area contributed by atoms with Crippen LogP contribution in [-0.2, 0) is 4.74 Å². The molecule has 0 spiro atoms. The number of carbonyl (C=O) groups is 1. The quantitative estimate of drug-likeness (QED) is 0.616. The third-order valence-electron chi connectivity index (χ3n) is 3.97. The Morgan fingerprint density at radius 3 is 2.63 bits per heavy atom. The Labute approximate surface area is 158 Å². The van der Waals surface area contributed by atoms with Gasteiger partial charge in [0.2, 0.25) is 5.95 Å². The van der Waals surface area contributed by atoms with E-state index >= 15 is 0 Å². The summed E-state index contributed by atoms with van der Waals surface area (Å²) in [6.45, 7) is 6.19. The molecule has 1 heterocycles. The van der Waals surface area contributed by atoms with E-state index in [-0.39, 0.29) is 5.97 Å². The Morgan fingerprint density at radius 2 is 1.85 bits per heavy atom. The monoisotopic (exact) mass is 362 g/mol. The van der Waals surface area contributed by atoms with Gasteiger partial charge in [-0.2, -0.15) is 4.98 Å². The zero-order valence-corrected chi connectivity index (χ0v) is 15.6. The highest BCUT2D eigenvalue weighted by molar-refractivity contribution is 5.96. The smallest absolute Gasteiger partial charge is 0.340 e. The second-order valence-electron chi connectivity index (χ2n) is 6.10. The minimum absolute atomic E-state index is 0.324. The molecular weight excluding hydrogens is 340 g/mol. The highest BCUT2D eigenvalue weighted by atomic mass is 16.5. The molecule has 0 aliphatic rings. The predicted octanol–water partition coefficient (Wildman–Crippen LogP) is 4.76. The Kier molecular flexibility index (Phi) is 5.66. The molecule has 0 saturated heterocycles. The highest BCUT2D eigenvalue weighted by Gasteiger charge is 2.12. The maximum absolute atomic E-state index is 12.1. The number of carbonyl (C=O) groups excluding carboxylic acids is 1. The van der Waals surface area contributed by atoms with Gasteiger partial charge < -0.3 is 15.4 Å². The number of benzene rings is 2. The summed E-state index contributed by atoms with van der Waals surface area (Å²) >= 11 is 0. The van der Waals surface area contributed by atoms with Crippen LogP contribution in [0.5, 0.6) is 0 Å². The summed E-state index contributed by atoms with van der Waals surface area (Å²) in [6, 6.07) is 15.1. The molecule has 27 heavy (non-hydrogen) atoms. The second-order valence-corrected chi connectivity index (χ2v) is 6.10. The van der Waals surface area contributed by atoms with Crippen LogP contribution in [-0.4, -0.2) is 22.5 Å². The molecule has 6 nitrogen and oxygen atoms in total. The summed E-state index contributed by atoms with van der Waals surface area (Å²) in [4.78, 5) is 20.9. The first-order valence-corrected chi connectivity index (χ1v) is 8.77. The van der Waals surface area contributed by atoms with Gasteiger partial charge in [-0.3, -0.25) is 0 Å². The van der Waals surface area contributed by atoms with E-state index in [1.54, 1.807) is 31.3 Å². The van der Waals surface area contributed by atoms with E-state index in [1.807, 2.05) is 31.2 Å². The van der Waals surface area contributed by atoms with Crippen molar-refractivity contribution in [2.45, 2.75) is 20.8 Å². The van der Waals surface area contributed by atoms with E-state index in [1.165, 1.54) is 5.56 Å². The fraction of sp³-hybridized carbons (Fsp3) is 0.190. The molecule has 0 amide bonds. The van der Waals surface area contributed by atoms with E-state index in [0.717, 1.165) is 11.3 Å². The van der Waals surface area contributed by atoms with Crippen molar-refractivity contribution in [3.8, 4) is 0 Å². The van der Waals surface area contributed by atoms with Crippen LogP contribution < -0.4 is 10.6 Å².